The summed E-state index contributed by atoms with van der Waals surface area (Å²) in [4.78, 5) is 34.7. The fraction of sp³-hybridized carbons (Fsp3) is 0.400. The van der Waals surface area contributed by atoms with Crippen LogP contribution >= 0.6 is 0 Å². The van der Waals surface area contributed by atoms with E-state index in [9.17, 15) is 18.8 Å². The maximum absolute atomic E-state index is 13.4. The van der Waals surface area contributed by atoms with Crippen LogP contribution in [0.25, 0.3) is 0 Å². The van der Waals surface area contributed by atoms with E-state index < -0.39 is 17.5 Å². The summed E-state index contributed by atoms with van der Waals surface area (Å²) in [5, 5.41) is 5.18. The van der Waals surface area contributed by atoms with Crippen molar-refractivity contribution in [1.82, 2.24) is 10.6 Å². The van der Waals surface area contributed by atoms with Crippen LogP contribution in [0.15, 0.2) is 24.3 Å². The number of carbonyl (C=O) groups is 3. The Morgan fingerprint density at radius 2 is 1.81 bits per heavy atom. The van der Waals surface area contributed by atoms with Gasteiger partial charge in [-0.15, -0.1) is 0 Å². The van der Waals surface area contributed by atoms with Crippen molar-refractivity contribution in [2.24, 2.45) is 0 Å². The van der Waals surface area contributed by atoms with Gasteiger partial charge in [0.25, 0.3) is 0 Å². The normalized spacial score (nSPS) is 13.6. The topological polar surface area (TPSA) is 75.3 Å². The van der Waals surface area contributed by atoms with E-state index in [1.54, 1.807) is 6.07 Å². The van der Waals surface area contributed by atoms with Crippen molar-refractivity contribution in [3.8, 4) is 0 Å². The summed E-state index contributed by atoms with van der Waals surface area (Å²) in [7, 11) is 0. The van der Waals surface area contributed by atoms with Crippen LogP contribution in [0.4, 0.5) is 4.39 Å². The Morgan fingerprint density at radius 1 is 1.10 bits per heavy atom. The zero-order valence-electron chi connectivity index (χ0n) is 11.5. The fourth-order valence-corrected chi connectivity index (χ4v) is 1.82. The largest absolute Gasteiger partial charge is 0.352 e. The summed E-state index contributed by atoms with van der Waals surface area (Å²) in [6, 6.07) is 5.90. The van der Waals surface area contributed by atoms with E-state index in [1.165, 1.54) is 18.2 Å². The molecule has 112 valence electrons. The SMILES string of the molecule is O=C(CCC(=O)c1ccccc1F)NCC(=O)NC1CC1. The monoisotopic (exact) mass is 292 g/mol. The van der Waals surface area contributed by atoms with Crippen LogP contribution in [-0.2, 0) is 9.59 Å². The van der Waals surface area contributed by atoms with E-state index in [0.29, 0.717) is 0 Å². The Morgan fingerprint density at radius 3 is 2.48 bits per heavy atom. The van der Waals surface area contributed by atoms with Gasteiger partial charge in [0.1, 0.15) is 5.82 Å². The molecule has 5 nitrogen and oxygen atoms in total. The highest BCUT2D eigenvalue weighted by Gasteiger charge is 2.23. The van der Waals surface area contributed by atoms with E-state index in [2.05, 4.69) is 10.6 Å². The molecule has 0 bridgehead atoms. The van der Waals surface area contributed by atoms with Crippen molar-refractivity contribution < 1.29 is 18.8 Å². The van der Waals surface area contributed by atoms with Crippen LogP contribution in [0.2, 0.25) is 0 Å². The Kier molecular flexibility index (Phi) is 5.03. The summed E-state index contributed by atoms with van der Waals surface area (Å²) in [5.41, 5.74) is -0.0169. The maximum atomic E-state index is 13.4. The molecule has 0 heterocycles. The maximum Gasteiger partial charge on any atom is 0.239 e. The number of rotatable bonds is 7. The third-order valence-electron chi connectivity index (χ3n) is 3.14. The first-order valence-corrected chi connectivity index (χ1v) is 6.90. The highest BCUT2D eigenvalue weighted by atomic mass is 19.1. The zero-order chi connectivity index (χ0) is 15.2. The quantitative estimate of drug-likeness (QED) is 0.741. The van der Waals surface area contributed by atoms with Crippen molar-refractivity contribution in [2.75, 3.05) is 6.54 Å². The lowest BCUT2D eigenvalue weighted by atomic mass is 10.1. The van der Waals surface area contributed by atoms with E-state index >= 15 is 0 Å². The van der Waals surface area contributed by atoms with Crippen LogP contribution in [0.5, 0.6) is 0 Å². The van der Waals surface area contributed by atoms with E-state index in [1.807, 2.05) is 0 Å². The number of benzene rings is 1. The smallest absolute Gasteiger partial charge is 0.239 e. The first kappa shape index (κ1) is 15.2. The predicted molar refractivity (Wildman–Crippen MR) is 74.1 cm³/mol. The van der Waals surface area contributed by atoms with Gasteiger partial charge in [-0.2, -0.15) is 0 Å². The van der Waals surface area contributed by atoms with Gasteiger partial charge >= 0.3 is 0 Å². The Hall–Kier alpha value is -2.24. The lowest BCUT2D eigenvalue weighted by molar-refractivity contribution is -0.126. The van der Waals surface area contributed by atoms with Crippen LogP contribution in [0, 0.1) is 5.82 Å². The number of ketones is 1. The van der Waals surface area contributed by atoms with Crippen molar-refractivity contribution >= 4 is 17.6 Å². The number of halogens is 1. The van der Waals surface area contributed by atoms with E-state index in [0.717, 1.165) is 12.8 Å². The van der Waals surface area contributed by atoms with Crippen LogP contribution < -0.4 is 10.6 Å². The number of hydrogen-bond acceptors (Lipinski definition) is 3. The Bertz CT molecular complexity index is 556. The van der Waals surface area contributed by atoms with Gasteiger partial charge in [0, 0.05) is 18.9 Å². The molecule has 2 N–H and O–H groups in total. The molecule has 1 aliphatic carbocycles. The molecule has 0 aliphatic heterocycles. The van der Waals surface area contributed by atoms with Gasteiger partial charge in [-0.1, -0.05) is 12.1 Å². The molecule has 2 amide bonds. The predicted octanol–water partition coefficient (Wildman–Crippen LogP) is 1.18. The van der Waals surface area contributed by atoms with Crippen molar-refractivity contribution in [2.45, 2.75) is 31.7 Å². The van der Waals surface area contributed by atoms with Crippen LogP contribution in [0.3, 0.4) is 0 Å². The molecule has 0 spiro atoms. The highest BCUT2D eigenvalue weighted by molar-refractivity contribution is 5.98. The second-order valence-electron chi connectivity index (χ2n) is 5.02. The number of Topliss-reactive ketones (excluding diaryl/α,β-unsaturated/α-hetero) is 1. The van der Waals surface area contributed by atoms with Gasteiger partial charge in [-0.05, 0) is 25.0 Å². The van der Waals surface area contributed by atoms with Gasteiger partial charge in [0.15, 0.2) is 5.78 Å². The minimum Gasteiger partial charge on any atom is -0.352 e. The molecule has 1 aromatic rings. The van der Waals surface area contributed by atoms with E-state index in [4.69, 9.17) is 0 Å². The van der Waals surface area contributed by atoms with Gasteiger partial charge in [-0.25, -0.2) is 4.39 Å². The molecule has 6 heteroatoms. The Balaban J connectivity index is 1.69. The molecule has 21 heavy (non-hydrogen) atoms. The average molecular weight is 292 g/mol. The summed E-state index contributed by atoms with van der Waals surface area (Å²) in [5.74, 6) is -1.64. The van der Waals surface area contributed by atoms with Gasteiger partial charge in [0.2, 0.25) is 11.8 Å². The summed E-state index contributed by atoms with van der Waals surface area (Å²) >= 11 is 0. The minimum atomic E-state index is -0.591. The summed E-state index contributed by atoms with van der Waals surface area (Å²) < 4.78 is 13.4. The van der Waals surface area contributed by atoms with Crippen LogP contribution in [0.1, 0.15) is 36.0 Å². The molecule has 0 unspecified atom stereocenters. The molecule has 1 aromatic carbocycles. The second-order valence-corrected chi connectivity index (χ2v) is 5.02. The molecular formula is C15H17FN2O3. The lowest BCUT2D eigenvalue weighted by Gasteiger charge is -2.06. The third kappa shape index (κ3) is 4.98. The van der Waals surface area contributed by atoms with Gasteiger partial charge < -0.3 is 10.6 Å². The average Bonchev–Trinajstić information content (AvgIpc) is 3.27. The zero-order valence-corrected chi connectivity index (χ0v) is 11.5. The minimum absolute atomic E-state index is 0.0169. The van der Waals surface area contributed by atoms with Crippen molar-refractivity contribution in [3.05, 3.63) is 35.6 Å². The number of amides is 2. The van der Waals surface area contributed by atoms with Crippen molar-refractivity contribution in [3.63, 3.8) is 0 Å². The first-order chi connectivity index (χ1) is 10.1. The molecule has 1 fully saturated rings. The molecule has 1 aliphatic rings. The number of carbonyl (C=O) groups excluding carboxylic acids is 3. The Labute approximate surface area is 121 Å². The van der Waals surface area contributed by atoms with Crippen molar-refractivity contribution in [1.29, 1.82) is 0 Å². The second kappa shape index (κ2) is 6.97. The molecule has 0 aromatic heterocycles. The molecule has 0 radical (unpaired) electrons. The number of nitrogens with one attached hydrogen (secondary N) is 2. The molecular weight excluding hydrogens is 275 g/mol. The molecule has 1 saturated carbocycles. The van der Waals surface area contributed by atoms with Gasteiger partial charge in [0.05, 0.1) is 12.1 Å². The summed E-state index contributed by atoms with van der Waals surface area (Å²) in [6.07, 6.45) is 1.81. The fourth-order valence-electron chi connectivity index (χ4n) is 1.82. The van der Waals surface area contributed by atoms with E-state index in [-0.39, 0.29) is 36.9 Å². The highest BCUT2D eigenvalue weighted by Crippen LogP contribution is 2.18. The first-order valence-electron chi connectivity index (χ1n) is 6.90. The number of hydrogen-bond donors (Lipinski definition) is 2. The summed E-state index contributed by atoms with van der Waals surface area (Å²) in [6.45, 7) is -0.0940. The molecule has 2 rings (SSSR count). The van der Waals surface area contributed by atoms with Crippen LogP contribution in [-0.4, -0.2) is 30.2 Å². The third-order valence-corrected chi connectivity index (χ3v) is 3.14. The standard InChI is InChI=1S/C15H17FN2O3/c16-12-4-2-1-3-11(12)13(19)7-8-14(20)17-9-15(21)18-10-5-6-10/h1-4,10H,5-9H2,(H,17,20)(H,18,21). The van der Waals surface area contributed by atoms with Gasteiger partial charge in [-0.3, -0.25) is 14.4 Å². The molecule has 0 saturated heterocycles. The lowest BCUT2D eigenvalue weighted by Crippen LogP contribution is -2.37. The molecule has 0 atom stereocenters.